The monoisotopic (exact) mass is 267 g/mol. The molecule has 0 bridgehead atoms. The first kappa shape index (κ1) is 13.3. The molecule has 1 aliphatic heterocycles. The molecule has 7 heteroatoms. The normalized spacial score (nSPS) is 15.5. The zero-order chi connectivity index (χ0) is 14.0. The topological polar surface area (TPSA) is 73.7 Å². The Morgan fingerprint density at radius 3 is 2.47 bits per heavy atom. The van der Waals surface area contributed by atoms with Gasteiger partial charge in [0, 0.05) is 39.3 Å². The number of anilines is 1. The molecular weight excluding hydrogens is 253 g/mol. The second-order valence-electron chi connectivity index (χ2n) is 4.29. The lowest BCUT2D eigenvalue weighted by molar-refractivity contribution is -0.129. The van der Waals surface area contributed by atoms with Crippen LogP contribution in [0.1, 0.15) is 17.3 Å². The maximum absolute atomic E-state index is 14.0. The highest BCUT2D eigenvalue weighted by atomic mass is 19.1. The molecule has 0 spiro atoms. The van der Waals surface area contributed by atoms with Crippen molar-refractivity contribution in [1.29, 1.82) is 0 Å². The molecule has 0 atom stereocenters. The van der Waals surface area contributed by atoms with Crippen LogP contribution in [0.15, 0.2) is 12.3 Å². The summed E-state index contributed by atoms with van der Waals surface area (Å²) in [5.74, 6) is -2.13. The predicted molar refractivity (Wildman–Crippen MR) is 65.6 cm³/mol. The van der Waals surface area contributed by atoms with E-state index in [4.69, 9.17) is 5.11 Å². The van der Waals surface area contributed by atoms with Crippen molar-refractivity contribution in [3.8, 4) is 0 Å². The first-order valence-corrected chi connectivity index (χ1v) is 5.89. The minimum absolute atomic E-state index is 0.0210. The maximum atomic E-state index is 14.0. The first-order valence-electron chi connectivity index (χ1n) is 5.89. The van der Waals surface area contributed by atoms with E-state index in [2.05, 4.69) is 4.98 Å². The van der Waals surface area contributed by atoms with Crippen LogP contribution in [0.25, 0.3) is 0 Å². The third-order valence-corrected chi connectivity index (χ3v) is 3.13. The number of aromatic carboxylic acids is 1. The third kappa shape index (κ3) is 2.64. The number of aromatic nitrogens is 1. The molecule has 2 rings (SSSR count). The summed E-state index contributed by atoms with van der Waals surface area (Å²) in [6, 6.07) is 1.13. The Morgan fingerprint density at radius 2 is 1.95 bits per heavy atom. The number of carboxylic acid groups (broad SMARTS) is 1. The van der Waals surface area contributed by atoms with Crippen molar-refractivity contribution in [3.05, 3.63) is 23.6 Å². The van der Waals surface area contributed by atoms with Gasteiger partial charge >= 0.3 is 5.97 Å². The third-order valence-electron chi connectivity index (χ3n) is 3.13. The van der Waals surface area contributed by atoms with Crippen molar-refractivity contribution in [2.45, 2.75) is 6.92 Å². The Balaban J connectivity index is 2.18. The van der Waals surface area contributed by atoms with E-state index in [-0.39, 0.29) is 17.3 Å². The summed E-state index contributed by atoms with van der Waals surface area (Å²) in [6.07, 6.45) is 1.28. The van der Waals surface area contributed by atoms with E-state index in [1.165, 1.54) is 13.1 Å². The highest BCUT2D eigenvalue weighted by Crippen LogP contribution is 2.20. The molecule has 1 N–H and O–H groups in total. The number of halogens is 1. The van der Waals surface area contributed by atoms with Gasteiger partial charge in [0.25, 0.3) is 0 Å². The van der Waals surface area contributed by atoms with Crippen LogP contribution in [-0.4, -0.2) is 53.0 Å². The van der Waals surface area contributed by atoms with Gasteiger partial charge in [-0.2, -0.15) is 0 Å². The Bertz CT molecular complexity index is 513. The van der Waals surface area contributed by atoms with Gasteiger partial charge in [-0.1, -0.05) is 0 Å². The number of pyridine rings is 1. The summed E-state index contributed by atoms with van der Waals surface area (Å²) < 4.78 is 14.0. The Kier molecular flexibility index (Phi) is 3.64. The zero-order valence-corrected chi connectivity index (χ0v) is 10.5. The second kappa shape index (κ2) is 5.21. The Hall–Kier alpha value is -2.18. The van der Waals surface area contributed by atoms with E-state index in [1.807, 2.05) is 0 Å². The molecule has 0 aliphatic carbocycles. The summed E-state index contributed by atoms with van der Waals surface area (Å²) in [5.41, 5.74) is -0.390. The maximum Gasteiger partial charge on any atom is 0.338 e. The summed E-state index contributed by atoms with van der Waals surface area (Å²) in [4.78, 5) is 29.3. The van der Waals surface area contributed by atoms with E-state index in [9.17, 15) is 14.0 Å². The lowest BCUT2D eigenvalue weighted by atomic mass is 10.2. The summed E-state index contributed by atoms with van der Waals surface area (Å²) in [6.45, 7) is 3.32. The van der Waals surface area contributed by atoms with E-state index in [0.29, 0.717) is 26.2 Å². The van der Waals surface area contributed by atoms with Gasteiger partial charge in [0.2, 0.25) is 5.91 Å². The molecule has 102 valence electrons. The Morgan fingerprint density at radius 1 is 1.32 bits per heavy atom. The van der Waals surface area contributed by atoms with Crippen molar-refractivity contribution in [3.63, 3.8) is 0 Å². The minimum Gasteiger partial charge on any atom is -0.478 e. The fraction of sp³-hybridized carbons (Fsp3) is 0.417. The average molecular weight is 267 g/mol. The lowest BCUT2D eigenvalue weighted by Gasteiger charge is -2.35. The molecule has 6 nitrogen and oxygen atoms in total. The molecule has 0 aromatic carbocycles. The molecule has 0 radical (unpaired) electrons. The molecule has 1 aromatic heterocycles. The van der Waals surface area contributed by atoms with E-state index < -0.39 is 11.8 Å². The van der Waals surface area contributed by atoms with Gasteiger partial charge in [-0.15, -0.1) is 0 Å². The van der Waals surface area contributed by atoms with Crippen LogP contribution in [0.2, 0.25) is 0 Å². The average Bonchev–Trinajstić information content (AvgIpc) is 2.38. The van der Waals surface area contributed by atoms with Crippen LogP contribution in [-0.2, 0) is 4.79 Å². The van der Waals surface area contributed by atoms with Gasteiger partial charge in [0.15, 0.2) is 11.6 Å². The predicted octanol–water partition coefficient (Wildman–Crippen LogP) is 0.587. The van der Waals surface area contributed by atoms with Gasteiger partial charge in [0.1, 0.15) is 5.56 Å². The number of piperazine rings is 1. The van der Waals surface area contributed by atoms with Crippen molar-refractivity contribution in [1.82, 2.24) is 9.88 Å². The fourth-order valence-electron chi connectivity index (χ4n) is 2.05. The van der Waals surface area contributed by atoms with Gasteiger partial charge in [-0.25, -0.2) is 14.2 Å². The van der Waals surface area contributed by atoms with Crippen LogP contribution in [0.5, 0.6) is 0 Å². The lowest BCUT2D eigenvalue weighted by Crippen LogP contribution is -2.48. The Labute approximate surface area is 109 Å². The van der Waals surface area contributed by atoms with E-state index in [0.717, 1.165) is 6.07 Å². The minimum atomic E-state index is -1.32. The molecule has 2 heterocycles. The van der Waals surface area contributed by atoms with Crippen molar-refractivity contribution in [2.24, 2.45) is 0 Å². The van der Waals surface area contributed by atoms with Crippen molar-refractivity contribution < 1.29 is 19.1 Å². The molecule has 1 amide bonds. The second-order valence-corrected chi connectivity index (χ2v) is 4.29. The highest BCUT2D eigenvalue weighted by Gasteiger charge is 2.24. The van der Waals surface area contributed by atoms with E-state index >= 15 is 0 Å². The number of rotatable bonds is 2. The number of amides is 1. The van der Waals surface area contributed by atoms with Crippen LogP contribution in [0, 0.1) is 5.82 Å². The quantitative estimate of drug-likeness (QED) is 0.848. The molecule has 1 fully saturated rings. The van der Waals surface area contributed by atoms with Crippen LogP contribution < -0.4 is 4.90 Å². The summed E-state index contributed by atoms with van der Waals surface area (Å²) in [7, 11) is 0. The van der Waals surface area contributed by atoms with Gasteiger partial charge in [-0.05, 0) is 6.07 Å². The number of hydrogen-bond acceptors (Lipinski definition) is 4. The summed E-state index contributed by atoms with van der Waals surface area (Å²) >= 11 is 0. The number of hydrogen-bond donors (Lipinski definition) is 1. The largest absolute Gasteiger partial charge is 0.478 e. The van der Waals surface area contributed by atoms with Crippen molar-refractivity contribution >= 4 is 17.7 Å². The molecule has 1 saturated heterocycles. The molecular formula is C12H14FN3O3. The van der Waals surface area contributed by atoms with Crippen LogP contribution in [0.4, 0.5) is 10.2 Å². The summed E-state index contributed by atoms with van der Waals surface area (Å²) in [5, 5.41) is 8.86. The number of carbonyl (C=O) groups is 2. The van der Waals surface area contributed by atoms with E-state index in [1.54, 1.807) is 9.80 Å². The number of carbonyl (C=O) groups excluding carboxylic acids is 1. The highest BCUT2D eigenvalue weighted by molar-refractivity contribution is 5.88. The first-order chi connectivity index (χ1) is 9.00. The zero-order valence-electron chi connectivity index (χ0n) is 10.5. The smallest absolute Gasteiger partial charge is 0.338 e. The molecule has 0 saturated carbocycles. The van der Waals surface area contributed by atoms with Crippen molar-refractivity contribution in [2.75, 3.05) is 31.1 Å². The number of nitrogens with zero attached hydrogens (tertiary/aromatic N) is 3. The standard InChI is InChI=1S/C12H14FN3O3/c1-8(17)15-4-6-16(7-5-15)11-10(13)9(12(18)19)2-3-14-11/h2-3H,4-7H2,1H3,(H,18,19). The van der Waals surface area contributed by atoms with Gasteiger partial charge in [-0.3, -0.25) is 4.79 Å². The molecule has 1 aliphatic rings. The van der Waals surface area contributed by atoms with Crippen LogP contribution >= 0.6 is 0 Å². The SMILES string of the molecule is CC(=O)N1CCN(c2nccc(C(=O)O)c2F)CC1. The van der Waals surface area contributed by atoms with Gasteiger partial charge < -0.3 is 14.9 Å². The fourth-order valence-corrected chi connectivity index (χ4v) is 2.05. The van der Waals surface area contributed by atoms with Gasteiger partial charge in [0.05, 0.1) is 0 Å². The number of carboxylic acids is 1. The molecule has 0 unspecified atom stereocenters. The molecule has 19 heavy (non-hydrogen) atoms. The van der Waals surface area contributed by atoms with Crippen LogP contribution in [0.3, 0.4) is 0 Å². The molecule has 1 aromatic rings.